The molecule has 1 aliphatic rings. The second-order valence-corrected chi connectivity index (χ2v) is 5.71. The van der Waals surface area contributed by atoms with Crippen molar-refractivity contribution >= 4 is 5.91 Å². The fourth-order valence-electron chi connectivity index (χ4n) is 2.93. The summed E-state index contributed by atoms with van der Waals surface area (Å²) in [4.78, 5) is 18.5. The number of likely N-dealkylation sites (tertiary alicyclic amines) is 1. The second kappa shape index (κ2) is 6.88. The van der Waals surface area contributed by atoms with Crippen molar-refractivity contribution in [3.8, 4) is 0 Å². The molecule has 9 heteroatoms. The number of carbonyl (C=O) groups is 1. The van der Waals surface area contributed by atoms with Crippen molar-refractivity contribution in [1.29, 1.82) is 0 Å². The molecule has 3 rings (SSSR count). The van der Waals surface area contributed by atoms with Gasteiger partial charge in [0.05, 0.1) is 24.8 Å². The maximum Gasteiger partial charge on any atom is 0.246 e. The molecule has 1 saturated heterocycles. The Bertz CT molecular complexity index is 639. The summed E-state index contributed by atoms with van der Waals surface area (Å²) < 4.78 is 8.70. The molecule has 0 radical (unpaired) electrons. The highest BCUT2D eigenvalue weighted by molar-refractivity contribution is 5.77. The molecule has 0 aromatic carbocycles. The average molecular weight is 319 g/mol. The van der Waals surface area contributed by atoms with E-state index in [9.17, 15) is 4.79 Å². The molecule has 124 valence electrons. The standard InChI is InChI=1S/C14H21N7O2/c1-19-5-3-15-13(19)9-20-7-11(17-14(22)10-23-2)12(8-20)21-6-4-16-18-21/h3-6,11-12H,7-10H2,1-2H3,(H,17,22)/t11-,12+/m1/s1. The van der Waals surface area contributed by atoms with Gasteiger partial charge in [0.25, 0.3) is 0 Å². The van der Waals surface area contributed by atoms with Gasteiger partial charge < -0.3 is 14.6 Å². The molecule has 1 aliphatic heterocycles. The smallest absolute Gasteiger partial charge is 0.246 e. The maximum atomic E-state index is 11.9. The number of nitrogens with one attached hydrogen (secondary N) is 1. The number of aryl methyl sites for hydroxylation is 1. The number of rotatable bonds is 6. The molecule has 1 fully saturated rings. The fraction of sp³-hybridized carbons (Fsp3) is 0.571. The van der Waals surface area contributed by atoms with Crippen LogP contribution in [0.2, 0.25) is 0 Å². The van der Waals surface area contributed by atoms with E-state index in [0.29, 0.717) is 0 Å². The number of nitrogens with zero attached hydrogens (tertiary/aromatic N) is 6. The highest BCUT2D eigenvalue weighted by Gasteiger charge is 2.35. The van der Waals surface area contributed by atoms with E-state index in [0.717, 1.165) is 25.5 Å². The Hall–Kier alpha value is -2.26. The van der Waals surface area contributed by atoms with Crippen molar-refractivity contribution in [1.82, 2.24) is 34.8 Å². The van der Waals surface area contributed by atoms with E-state index >= 15 is 0 Å². The van der Waals surface area contributed by atoms with Gasteiger partial charge in [0.2, 0.25) is 5.91 Å². The summed E-state index contributed by atoms with van der Waals surface area (Å²) in [5.41, 5.74) is 0. The van der Waals surface area contributed by atoms with Crippen LogP contribution < -0.4 is 5.32 Å². The number of methoxy groups -OCH3 is 1. The lowest BCUT2D eigenvalue weighted by Gasteiger charge is -2.19. The second-order valence-electron chi connectivity index (χ2n) is 5.71. The van der Waals surface area contributed by atoms with Crippen molar-refractivity contribution in [2.75, 3.05) is 26.8 Å². The van der Waals surface area contributed by atoms with Crippen LogP contribution in [-0.4, -0.2) is 68.2 Å². The van der Waals surface area contributed by atoms with E-state index in [2.05, 4.69) is 25.5 Å². The van der Waals surface area contributed by atoms with E-state index in [1.165, 1.54) is 7.11 Å². The van der Waals surface area contributed by atoms with Crippen molar-refractivity contribution in [3.63, 3.8) is 0 Å². The third kappa shape index (κ3) is 3.57. The highest BCUT2D eigenvalue weighted by Crippen LogP contribution is 2.22. The zero-order valence-corrected chi connectivity index (χ0v) is 13.3. The lowest BCUT2D eigenvalue weighted by Crippen LogP contribution is -2.43. The first-order valence-corrected chi connectivity index (χ1v) is 7.50. The van der Waals surface area contributed by atoms with Crippen LogP contribution in [0.15, 0.2) is 24.8 Å². The summed E-state index contributed by atoms with van der Waals surface area (Å²) in [6.45, 7) is 2.28. The Morgan fingerprint density at radius 3 is 2.91 bits per heavy atom. The topological polar surface area (TPSA) is 90.1 Å². The monoisotopic (exact) mass is 319 g/mol. The molecular formula is C14H21N7O2. The van der Waals surface area contributed by atoms with E-state index in [1.807, 2.05) is 24.0 Å². The molecule has 3 heterocycles. The van der Waals surface area contributed by atoms with Crippen LogP contribution in [0, 0.1) is 0 Å². The number of amides is 1. The van der Waals surface area contributed by atoms with Crippen LogP contribution in [0.25, 0.3) is 0 Å². The Morgan fingerprint density at radius 1 is 1.39 bits per heavy atom. The average Bonchev–Trinajstić information content (AvgIpc) is 3.22. The Balaban J connectivity index is 1.71. The number of hydrogen-bond donors (Lipinski definition) is 1. The molecule has 23 heavy (non-hydrogen) atoms. The van der Waals surface area contributed by atoms with Crippen molar-refractivity contribution in [2.45, 2.75) is 18.6 Å². The van der Waals surface area contributed by atoms with Crippen LogP contribution >= 0.6 is 0 Å². The molecule has 1 N–H and O–H groups in total. The van der Waals surface area contributed by atoms with Gasteiger partial charge in [-0.2, -0.15) is 0 Å². The van der Waals surface area contributed by atoms with Crippen LogP contribution in [0.5, 0.6) is 0 Å². The minimum Gasteiger partial charge on any atom is -0.375 e. The largest absolute Gasteiger partial charge is 0.375 e. The third-order valence-corrected chi connectivity index (χ3v) is 4.05. The van der Waals surface area contributed by atoms with Gasteiger partial charge >= 0.3 is 0 Å². The molecule has 0 bridgehead atoms. The lowest BCUT2D eigenvalue weighted by atomic mass is 10.2. The summed E-state index contributed by atoms with van der Waals surface area (Å²) in [7, 11) is 3.49. The zero-order chi connectivity index (χ0) is 16.2. The first kappa shape index (κ1) is 15.6. The van der Waals surface area contributed by atoms with Gasteiger partial charge in [-0.05, 0) is 0 Å². The molecule has 2 aromatic rings. The Morgan fingerprint density at radius 2 is 2.26 bits per heavy atom. The minimum absolute atomic E-state index is 0.0403. The van der Waals surface area contributed by atoms with Gasteiger partial charge in [-0.1, -0.05) is 5.21 Å². The number of imidazole rings is 1. The molecule has 1 amide bonds. The van der Waals surface area contributed by atoms with Crippen LogP contribution in [0.3, 0.4) is 0 Å². The van der Waals surface area contributed by atoms with E-state index in [4.69, 9.17) is 4.74 Å². The quantitative estimate of drug-likeness (QED) is 0.750. The molecule has 0 unspecified atom stereocenters. The van der Waals surface area contributed by atoms with Gasteiger partial charge in [0, 0.05) is 45.8 Å². The minimum atomic E-state index is -0.124. The van der Waals surface area contributed by atoms with Gasteiger partial charge in [0.1, 0.15) is 12.4 Å². The number of hydrogen-bond acceptors (Lipinski definition) is 6. The number of ether oxygens (including phenoxy) is 1. The van der Waals surface area contributed by atoms with Gasteiger partial charge in [-0.3, -0.25) is 9.69 Å². The Kier molecular flexibility index (Phi) is 4.68. The molecule has 0 aliphatic carbocycles. The van der Waals surface area contributed by atoms with E-state index < -0.39 is 0 Å². The van der Waals surface area contributed by atoms with Crippen molar-refractivity contribution < 1.29 is 9.53 Å². The molecule has 9 nitrogen and oxygen atoms in total. The predicted octanol–water partition coefficient (Wildman–Crippen LogP) is -0.800. The third-order valence-electron chi connectivity index (χ3n) is 4.05. The summed E-state index contributed by atoms with van der Waals surface area (Å²) >= 11 is 0. The van der Waals surface area contributed by atoms with E-state index in [-0.39, 0.29) is 24.6 Å². The lowest BCUT2D eigenvalue weighted by molar-refractivity contribution is -0.125. The number of carbonyl (C=O) groups excluding carboxylic acids is 1. The van der Waals surface area contributed by atoms with Crippen LogP contribution in [-0.2, 0) is 23.1 Å². The fourth-order valence-corrected chi connectivity index (χ4v) is 2.93. The molecule has 2 aromatic heterocycles. The summed E-state index contributed by atoms with van der Waals surface area (Å²) in [5.74, 6) is 0.868. The van der Waals surface area contributed by atoms with Gasteiger partial charge in [-0.25, -0.2) is 9.67 Å². The summed E-state index contributed by atoms with van der Waals surface area (Å²) in [5, 5.41) is 11.0. The molecule has 0 spiro atoms. The maximum absolute atomic E-state index is 11.9. The van der Waals surface area contributed by atoms with Crippen molar-refractivity contribution in [2.24, 2.45) is 7.05 Å². The molecular weight excluding hydrogens is 298 g/mol. The Labute approximate surface area is 134 Å². The zero-order valence-electron chi connectivity index (χ0n) is 13.3. The highest BCUT2D eigenvalue weighted by atomic mass is 16.5. The molecule has 2 atom stereocenters. The van der Waals surface area contributed by atoms with Gasteiger partial charge in [0.15, 0.2) is 0 Å². The van der Waals surface area contributed by atoms with Crippen LogP contribution in [0.1, 0.15) is 11.9 Å². The summed E-state index contributed by atoms with van der Waals surface area (Å²) in [6, 6.07) is -0.00167. The normalized spacial score (nSPS) is 21.7. The van der Waals surface area contributed by atoms with Crippen molar-refractivity contribution in [3.05, 3.63) is 30.6 Å². The SMILES string of the molecule is COCC(=O)N[C@@H]1CN(Cc2nccn2C)C[C@@H]1n1ccnn1. The van der Waals surface area contributed by atoms with Crippen LogP contribution in [0.4, 0.5) is 0 Å². The predicted molar refractivity (Wildman–Crippen MR) is 81.4 cm³/mol. The van der Waals surface area contributed by atoms with Gasteiger partial charge in [-0.15, -0.1) is 5.10 Å². The first-order chi connectivity index (χ1) is 11.2. The summed E-state index contributed by atoms with van der Waals surface area (Å²) in [6.07, 6.45) is 7.19. The van der Waals surface area contributed by atoms with E-state index in [1.54, 1.807) is 17.1 Å². The first-order valence-electron chi connectivity index (χ1n) is 7.50. The number of aromatic nitrogens is 5. The molecule has 0 saturated carbocycles.